The summed E-state index contributed by atoms with van der Waals surface area (Å²) in [6.45, 7) is 0. The number of thiol groups is 1. The van der Waals surface area contributed by atoms with Crippen molar-refractivity contribution in [2.24, 2.45) is 0 Å². The maximum Gasteiger partial charge on any atom is 0.184 e. The van der Waals surface area contributed by atoms with Crippen LogP contribution in [0.5, 0.6) is 0 Å². The van der Waals surface area contributed by atoms with Crippen molar-refractivity contribution < 1.29 is 8.42 Å². The average molecular weight is 190 g/mol. The fourth-order valence-electron chi connectivity index (χ4n) is 0.501. The zero-order valence-corrected chi connectivity index (χ0v) is 7.43. The SMILES string of the molecule is CS(=O)(=O)c1cnc(S)nc1. The Hall–Kier alpha value is -0.620. The minimum absolute atomic E-state index is 0.107. The first kappa shape index (κ1) is 8.48. The third kappa shape index (κ3) is 2.16. The summed E-state index contributed by atoms with van der Waals surface area (Å²) in [5, 5.41) is 0.261. The Morgan fingerprint density at radius 1 is 1.36 bits per heavy atom. The van der Waals surface area contributed by atoms with Gasteiger partial charge in [0.15, 0.2) is 15.0 Å². The van der Waals surface area contributed by atoms with Gasteiger partial charge in [-0.25, -0.2) is 18.4 Å². The van der Waals surface area contributed by atoms with Crippen LogP contribution in [0.2, 0.25) is 0 Å². The van der Waals surface area contributed by atoms with E-state index < -0.39 is 9.84 Å². The number of rotatable bonds is 1. The van der Waals surface area contributed by atoms with E-state index in [-0.39, 0.29) is 10.1 Å². The topological polar surface area (TPSA) is 59.9 Å². The zero-order chi connectivity index (χ0) is 8.48. The number of hydrogen-bond acceptors (Lipinski definition) is 5. The first-order valence-electron chi connectivity index (χ1n) is 2.71. The van der Waals surface area contributed by atoms with E-state index in [9.17, 15) is 8.42 Å². The van der Waals surface area contributed by atoms with Gasteiger partial charge < -0.3 is 0 Å². The molecule has 60 valence electrons. The van der Waals surface area contributed by atoms with E-state index in [1.54, 1.807) is 0 Å². The van der Waals surface area contributed by atoms with Crippen molar-refractivity contribution in [2.45, 2.75) is 10.1 Å². The van der Waals surface area contributed by atoms with Crippen LogP contribution >= 0.6 is 12.6 Å². The molecule has 0 amide bonds. The van der Waals surface area contributed by atoms with Crippen LogP contribution in [0.25, 0.3) is 0 Å². The Balaban J connectivity index is 3.20. The van der Waals surface area contributed by atoms with Crippen LogP contribution in [0.3, 0.4) is 0 Å². The number of sulfone groups is 1. The first-order valence-corrected chi connectivity index (χ1v) is 5.05. The molecule has 11 heavy (non-hydrogen) atoms. The zero-order valence-electron chi connectivity index (χ0n) is 5.72. The van der Waals surface area contributed by atoms with Gasteiger partial charge in [-0.2, -0.15) is 0 Å². The molecule has 1 heterocycles. The first-order chi connectivity index (χ1) is 5.00. The second kappa shape index (κ2) is 2.78. The summed E-state index contributed by atoms with van der Waals surface area (Å²) < 4.78 is 21.7. The predicted octanol–water partition coefficient (Wildman–Crippen LogP) is 0.169. The van der Waals surface area contributed by atoms with E-state index in [0.717, 1.165) is 6.26 Å². The molecular formula is C5H6N2O2S2. The van der Waals surface area contributed by atoms with Crippen LogP contribution < -0.4 is 0 Å². The molecule has 4 nitrogen and oxygen atoms in total. The Morgan fingerprint density at radius 3 is 2.18 bits per heavy atom. The lowest BCUT2D eigenvalue weighted by atomic mass is 10.7. The largest absolute Gasteiger partial charge is 0.230 e. The predicted molar refractivity (Wildman–Crippen MR) is 42.4 cm³/mol. The fraction of sp³-hybridized carbons (Fsp3) is 0.200. The third-order valence-electron chi connectivity index (χ3n) is 1.04. The van der Waals surface area contributed by atoms with Gasteiger partial charge in [-0.3, -0.25) is 0 Å². The minimum Gasteiger partial charge on any atom is -0.230 e. The van der Waals surface area contributed by atoms with Gasteiger partial charge in [-0.05, 0) is 0 Å². The Bertz CT molecular complexity index is 343. The highest BCUT2D eigenvalue weighted by Gasteiger charge is 2.06. The fourth-order valence-corrected chi connectivity index (χ4v) is 1.10. The summed E-state index contributed by atoms with van der Waals surface area (Å²) in [6, 6.07) is 0. The van der Waals surface area contributed by atoms with Crippen LogP contribution in [0.4, 0.5) is 0 Å². The number of aromatic nitrogens is 2. The van der Waals surface area contributed by atoms with E-state index in [1.165, 1.54) is 12.4 Å². The van der Waals surface area contributed by atoms with Crippen LogP contribution in [0.15, 0.2) is 22.4 Å². The molecule has 0 saturated heterocycles. The molecule has 6 heteroatoms. The van der Waals surface area contributed by atoms with Gasteiger partial charge in [0.25, 0.3) is 0 Å². The standard InChI is InChI=1S/C5H6N2O2S2/c1-11(8,9)4-2-6-5(10)7-3-4/h2-3H,1H3,(H,6,7,10). The van der Waals surface area contributed by atoms with Gasteiger partial charge in [0, 0.05) is 6.26 Å². The second-order valence-electron chi connectivity index (χ2n) is 1.99. The van der Waals surface area contributed by atoms with E-state index in [1.807, 2.05) is 0 Å². The lowest BCUT2D eigenvalue weighted by molar-refractivity contribution is 0.600. The van der Waals surface area contributed by atoms with E-state index in [4.69, 9.17) is 0 Å². The highest BCUT2D eigenvalue weighted by Crippen LogP contribution is 2.05. The van der Waals surface area contributed by atoms with Crippen molar-refractivity contribution in [1.82, 2.24) is 9.97 Å². The molecule has 1 aromatic heterocycles. The second-order valence-corrected chi connectivity index (χ2v) is 4.41. The molecule has 0 atom stereocenters. The maximum atomic E-state index is 10.8. The van der Waals surface area contributed by atoms with Crippen LogP contribution in [-0.4, -0.2) is 24.6 Å². The normalized spacial score (nSPS) is 11.5. The van der Waals surface area contributed by atoms with Crippen molar-refractivity contribution >= 4 is 22.5 Å². The molecule has 0 aliphatic rings. The molecule has 1 aromatic rings. The molecule has 0 spiro atoms. The molecule has 1 rings (SSSR count). The molecule has 0 fully saturated rings. The summed E-state index contributed by atoms with van der Waals surface area (Å²) in [7, 11) is -3.18. The van der Waals surface area contributed by atoms with E-state index in [2.05, 4.69) is 22.6 Å². The van der Waals surface area contributed by atoms with Gasteiger partial charge in [-0.15, -0.1) is 12.6 Å². The lowest BCUT2D eigenvalue weighted by Crippen LogP contribution is -1.98. The molecule has 0 radical (unpaired) electrons. The molecule has 0 aliphatic heterocycles. The van der Waals surface area contributed by atoms with Crippen molar-refractivity contribution in [2.75, 3.05) is 6.26 Å². The summed E-state index contributed by atoms with van der Waals surface area (Å²) in [5.74, 6) is 0. The smallest absolute Gasteiger partial charge is 0.184 e. The minimum atomic E-state index is -3.18. The molecule has 0 bridgehead atoms. The highest BCUT2D eigenvalue weighted by molar-refractivity contribution is 7.90. The molecule has 0 saturated carbocycles. The van der Waals surface area contributed by atoms with Gasteiger partial charge in [0.1, 0.15) is 4.90 Å². The Kier molecular flexibility index (Phi) is 2.15. The maximum absolute atomic E-state index is 10.8. The summed E-state index contributed by atoms with van der Waals surface area (Å²) in [4.78, 5) is 7.35. The molecule has 0 aromatic carbocycles. The Labute approximate surface area is 70.0 Å². The lowest BCUT2D eigenvalue weighted by Gasteiger charge is -1.94. The van der Waals surface area contributed by atoms with Gasteiger partial charge >= 0.3 is 0 Å². The van der Waals surface area contributed by atoms with E-state index in [0.29, 0.717) is 0 Å². The monoisotopic (exact) mass is 190 g/mol. The van der Waals surface area contributed by atoms with Gasteiger partial charge in [0.2, 0.25) is 0 Å². The van der Waals surface area contributed by atoms with Crippen LogP contribution in [-0.2, 0) is 9.84 Å². The third-order valence-corrected chi connectivity index (χ3v) is 2.34. The van der Waals surface area contributed by atoms with Crippen molar-refractivity contribution in [3.05, 3.63) is 12.4 Å². The van der Waals surface area contributed by atoms with Crippen LogP contribution in [0.1, 0.15) is 0 Å². The molecule has 0 aliphatic carbocycles. The van der Waals surface area contributed by atoms with Gasteiger partial charge in [0.05, 0.1) is 12.4 Å². The average Bonchev–Trinajstić information content (AvgIpc) is 1.86. The molecule has 0 N–H and O–H groups in total. The molecule has 0 unspecified atom stereocenters. The number of nitrogens with zero attached hydrogens (tertiary/aromatic N) is 2. The summed E-state index contributed by atoms with van der Waals surface area (Å²) >= 11 is 3.81. The summed E-state index contributed by atoms with van der Waals surface area (Å²) in [6.07, 6.45) is 3.55. The quantitative estimate of drug-likeness (QED) is 0.506. The van der Waals surface area contributed by atoms with Crippen molar-refractivity contribution in [3.63, 3.8) is 0 Å². The summed E-state index contributed by atoms with van der Waals surface area (Å²) in [5.41, 5.74) is 0. The van der Waals surface area contributed by atoms with Crippen molar-refractivity contribution in [3.8, 4) is 0 Å². The Morgan fingerprint density at radius 2 is 1.82 bits per heavy atom. The number of hydrogen-bond donors (Lipinski definition) is 1. The van der Waals surface area contributed by atoms with Crippen LogP contribution in [0, 0.1) is 0 Å². The van der Waals surface area contributed by atoms with Gasteiger partial charge in [-0.1, -0.05) is 0 Å². The van der Waals surface area contributed by atoms with Crippen molar-refractivity contribution in [1.29, 1.82) is 0 Å². The molecular weight excluding hydrogens is 184 g/mol. The van der Waals surface area contributed by atoms with E-state index >= 15 is 0 Å². The highest BCUT2D eigenvalue weighted by atomic mass is 32.2.